The fraction of sp³-hybridized carbons (Fsp3) is 0.308. The number of hydrogen-bond acceptors (Lipinski definition) is 3. The minimum absolute atomic E-state index is 0.135. The van der Waals surface area contributed by atoms with Gasteiger partial charge in [-0.05, 0) is 46.3 Å². The molecule has 2 aromatic heterocycles. The third-order valence-electron chi connectivity index (χ3n) is 2.49. The first-order valence-electron chi connectivity index (χ1n) is 5.76. The topological polar surface area (TPSA) is 29.1 Å². The molecule has 0 aliphatic heterocycles. The van der Waals surface area contributed by atoms with Crippen molar-refractivity contribution in [3.8, 4) is 0 Å². The Labute approximate surface area is 123 Å². The molecule has 0 aliphatic rings. The molecule has 2 heterocycles. The Bertz CT molecular complexity index is 493. The van der Waals surface area contributed by atoms with Gasteiger partial charge in [-0.2, -0.15) is 0 Å². The van der Waals surface area contributed by atoms with E-state index in [-0.39, 0.29) is 5.91 Å². The summed E-state index contributed by atoms with van der Waals surface area (Å²) in [7, 11) is 0. The van der Waals surface area contributed by atoms with Crippen LogP contribution in [0.25, 0.3) is 0 Å². The van der Waals surface area contributed by atoms with E-state index in [2.05, 4.69) is 38.8 Å². The average Bonchev–Trinajstić information content (AvgIpc) is 2.98. The highest BCUT2D eigenvalue weighted by molar-refractivity contribution is 9.10. The third-order valence-corrected chi connectivity index (χ3v) is 5.12. The van der Waals surface area contributed by atoms with Crippen molar-refractivity contribution < 1.29 is 4.79 Å². The maximum absolute atomic E-state index is 11.6. The van der Waals surface area contributed by atoms with Crippen molar-refractivity contribution in [3.63, 3.8) is 0 Å². The maximum Gasteiger partial charge on any atom is 0.220 e. The molecular weight excluding hydrogens is 330 g/mol. The fourth-order valence-electron chi connectivity index (χ4n) is 1.60. The fourth-order valence-corrected chi connectivity index (χ4v) is 3.74. The molecule has 1 N–H and O–H groups in total. The summed E-state index contributed by atoms with van der Waals surface area (Å²) >= 11 is 6.81. The Balaban J connectivity index is 1.63. The quantitative estimate of drug-likeness (QED) is 0.836. The molecule has 0 spiro atoms. The number of nitrogens with one attached hydrogen (secondary N) is 1. The van der Waals surface area contributed by atoms with Crippen molar-refractivity contribution in [2.45, 2.75) is 25.8 Å². The van der Waals surface area contributed by atoms with Crippen LogP contribution < -0.4 is 5.32 Å². The second kappa shape index (κ2) is 7.07. The second-order valence-corrected chi connectivity index (χ2v) is 6.88. The Morgan fingerprint density at radius 1 is 1.33 bits per heavy atom. The van der Waals surface area contributed by atoms with Gasteiger partial charge in [0, 0.05) is 26.0 Å². The largest absolute Gasteiger partial charge is 0.351 e. The van der Waals surface area contributed by atoms with Crippen LogP contribution in [0, 0.1) is 0 Å². The zero-order chi connectivity index (χ0) is 12.8. The van der Waals surface area contributed by atoms with Crippen molar-refractivity contribution in [1.82, 2.24) is 5.32 Å². The average molecular weight is 344 g/mol. The van der Waals surface area contributed by atoms with E-state index in [1.807, 2.05) is 11.4 Å². The van der Waals surface area contributed by atoms with Gasteiger partial charge in [0.2, 0.25) is 5.91 Å². The molecule has 2 nitrogen and oxygen atoms in total. The molecule has 0 fully saturated rings. The predicted molar refractivity (Wildman–Crippen MR) is 81.1 cm³/mol. The van der Waals surface area contributed by atoms with E-state index < -0.39 is 0 Å². The Kier molecular flexibility index (Phi) is 5.41. The van der Waals surface area contributed by atoms with E-state index >= 15 is 0 Å². The van der Waals surface area contributed by atoms with E-state index in [0.29, 0.717) is 13.0 Å². The summed E-state index contributed by atoms with van der Waals surface area (Å²) in [6.45, 7) is 0.633. The molecule has 2 aromatic rings. The molecule has 2 rings (SSSR count). The molecule has 0 unspecified atom stereocenters. The Morgan fingerprint density at radius 3 is 2.89 bits per heavy atom. The molecule has 0 aliphatic carbocycles. The summed E-state index contributed by atoms with van der Waals surface area (Å²) in [5.74, 6) is 0.135. The van der Waals surface area contributed by atoms with Gasteiger partial charge in [-0.25, -0.2) is 0 Å². The van der Waals surface area contributed by atoms with Gasteiger partial charge in [-0.15, -0.1) is 22.7 Å². The zero-order valence-corrected chi connectivity index (χ0v) is 13.0. The van der Waals surface area contributed by atoms with Crippen LogP contribution >= 0.6 is 38.6 Å². The second-order valence-electron chi connectivity index (χ2n) is 3.94. The first-order valence-corrected chi connectivity index (χ1v) is 8.31. The lowest BCUT2D eigenvalue weighted by molar-refractivity contribution is -0.121. The molecule has 0 saturated heterocycles. The first-order chi connectivity index (χ1) is 8.74. The van der Waals surface area contributed by atoms with Crippen LogP contribution in [0.3, 0.4) is 0 Å². The standard InChI is InChI=1S/C13H14BrNOS2/c14-10-7-12(18-9-10)8-15-13(16)5-1-3-11-4-2-6-17-11/h2,4,6-7,9H,1,3,5,8H2,(H,15,16). The molecule has 5 heteroatoms. The number of rotatable bonds is 6. The number of aryl methyl sites for hydroxylation is 1. The van der Waals surface area contributed by atoms with Crippen LogP contribution in [0.4, 0.5) is 0 Å². The van der Waals surface area contributed by atoms with E-state index in [4.69, 9.17) is 0 Å². The normalized spacial score (nSPS) is 10.5. The van der Waals surface area contributed by atoms with E-state index in [9.17, 15) is 4.79 Å². The third kappa shape index (κ3) is 4.55. The lowest BCUT2D eigenvalue weighted by Crippen LogP contribution is -2.21. The van der Waals surface area contributed by atoms with Crippen molar-refractivity contribution in [3.05, 3.63) is 43.2 Å². The Hall–Kier alpha value is -0.650. The smallest absolute Gasteiger partial charge is 0.220 e. The van der Waals surface area contributed by atoms with Crippen LogP contribution in [0.5, 0.6) is 0 Å². The van der Waals surface area contributed by atoms with E-state index in [1.54, 1.807) is 22.7 Å². The van der Waals surface area contributed by atoms with Gasteiger partial charge in [0.25, 0.3) is 0 Å². The number of carbonyl (C=O) groups excluding carboxylic acids is 1. The van der Waals surface area contributed by atoms with Crippen LogP contribution in [-0.4, -0.2) is 5.91 Å². The lowest BCUT2D eigenvalue weighted by Gasteiger charge is -2.03. The summed E-state index contributed by atoms with van der Waals surface area (Å²) < 4.78 is 1.08. The highest BCUT2D eigenvalue weighted by Gasteiger charge is 2.03. The maximum atomic E-state index is 11.6. The Morgan fingerprint density at radius 2 is 2.22 bits per heavy atom. The van der Waals surface area contributed by atoms with Crippen LogP contribution in [0.15, 0.2) is 33.4 Å². The minimum atomic E-state index is 0.135. The predicted octanol–water partition coefficient (Wildman–Crippen LogP) is 4.21. The molecule has 96 valence electrons. The number of amides is 1. The molecule has 0 atom stereocenters. The van der Waals surface area contributed by atoms with Gasteiger partial charge in [-0.1, -0.05) is 6.07 Å². The minimum Gasteiger partial charge on any atom is -0.351 e. The van der Waals surface area contributed by atoms with Gasteiger partial charge >= 0.3 is 0 Å². The highest BCUT2D eigenvalue weighted by atomic mass is 79.9. The summed E-state index contributed by atoms with van der Waals surface area (Å²) in [6, 6.07) is 6.21. The van der Waals surface area contributed by atoms with Gasteiger partial charge < -0.3 is 5.32 Å². The van der Waals surface area contributed by atoms with Crippen LogP contribution in [-0.2, 0) is 17.8 Å². The molecular formula is C13H14BrNOS2. The monoisotopic (exact) mass is 343 g/mol. The number of carbonyl (C=O) groups is 1. The molecule has 0 radical (unpaired) electrons. The van der Waals surface area contributed by atoms with Crippen molar-refractivity contribution in [2.75, 3.05) is 0 Å². The number of halogens is 1. The van der Waals surface area contributed by atoms with Crippen LogP contribution in [0.1, 0.15) is 22.6 Å². The first kappa shape index (κ1) is 13.8. The highest BCUT2D eigenvalue weighted by Crippen LogP contribution is 2.19. The molecule has 1 amide bonds. The van der Waals surface area contributed by atoms with E-state index in [0.717, 1.165) is 17.3 Å². The lowest BCUT2D eigenvalue weighted by atomic mass is 10.2. The zero-order valence-electron chi connectivity index (χ0n) is 9.82. The summed E-state index contributed by atoms with van der Waals surface area (Å²) in [5, 5.41) is 7.05. The van der Waals surface area contributed by atoms with Crippen molar-refractivity contribution >= 4 is 44.5 Å². The van der Waals surface area contributed by atoms with Crippen molar-refractivity contribution in [1.29, 1.82) is 0 Å². The van der Waals surface area contributed by atoms with Gasteiger partial charge in [-0.3, -0.25) is 4.79 Å². The molecule has 18 heavy (non-hydrogen) atoms. The summed E-state index contributed by atoms with van der Waals surface area (Å²) in [4.78, 5) is 14.2. The summed E-state index contributed by atoms with van der Waals surface area (Å²) in [6.07, 6.45) is 2.51. The van der Waals surface area contributed by atoms with Crippen molar-refractivity contribution in [2.24, 2.45) is 0 Å². The van der Waals surface area contributed by atoms with Gasteiger partial charge in [0.1, 0.15) is 0 Å². The molecule has 0 bridgehead atoms. The molecule has 0 saturated carbocycles. The SMILES string of the molecule is O=C(CCCc1cccs1)NCc1cc(Br)cs1. The van der Waals surface area contributed by atoms with Gasteiger partial charge in [0.15, 0.2) is 0 Å². The number of hydrogen-bond donors (Lipinski definition) is 1. The van der Waals surface area contributed by atoms with Gasteiger partial charge in [0.05, 0.1) is 6.54 Å². The van der Waals surface area contributed by atoms with E-state index in [1.165, 1.54) is 9.75 Å². The number of thiophene rings is 2. The van der Waals surface area contributed by atoms with Crippen LogP contribution in [0.2, 0.25) is 0 Å². The summed E-state index contributed by atoms with van der Waals surface area (Å²) in [5.41, 5.74) is 0. The molecule has 0 aromatic carbocycles.